The second-order valence-electron chi connectivity index (χ2n) is 6.20. The fraction of sp³-hybridized carbons (Fsp3) is 0.286. The van der Waals surface area contributed by atoms with Gasteiger partial charge in [-0.3, -0.25) is 4.79 Å². The van der Waals surface area contributed by atoms with E-state index >= 15 is 0 Å². The molecule has 0 spiro atoms. The van der Waals surface area contributed by atoms with Gasteiger partial charge in [-0.05, 0) is 31.2 Å². The highest BCUT2D eigenvalue weighted by molar-refractivity contribution is 5.95. The standard InChI is InChI=1S/C21H20N2O5/c1-15-20(28-18-11-6-5-10-17(18)27-15)21(25)26-14-19(24)23(13-7-12-22)16-8-3-2-4-9-16/h2-6,8-11,15,20H,7,13-14H2,1H3. The second kappa shape index (κ2) is 8.91. The molecule has 1 amide bonds. The minimum Gasteiger partial charge on any atom is -0.482 e. The monoisotopic (exact) mass is 380 g/mol. The molecule has 2 aromatic carbocycles. The average molecular weight is 380 g/mol. The third-order valence-electron chi connectivity index (χ3n) is 4.23. The topological polar surface area (TPSA) is 88.9 Å². The highest BCUT2D eigenvalue weighted by Crippen LogP contribution is 2.33. The van der Waals surface area contributed by atoms with Crippen LogP contribution in [0.4, 0.5) is 5.69 Å². The number of fused-ring (bicyclic) bond motifs is 1. The summed E-state index contributed by atoms with van der Waals surface area (Å²) in [5.41, 5.74) is 0.637. The van der Waals surface area contributed by atoms with Crippen molar-refractivity contribution >= 4 is 17.6 Å². The van der Waals surface area contributed by atoms with Gasteiger partial charge >= 0.3 is 5.97 Å². The first-order valence-electron chi connectivity index (χ1n) is 8.91. The number of anilines is 1. The number of nitrogens with zero attached hydrogens (tertiary/aromatic N) is 2. The van der Waals surface area contributed by atoms with Crippen LogP contribution in [0.2, 0.25) is 0 Å². The van der Waals surface area contributed by atoms with Crippen LogP contribution in [0.25, 0.3) is 0 Å². The Hall–Kier alpha value is -3.53. The van der Waals surface area contributed by atoms with Crippen molar-refractivity contribution in [2.75, 3.05) is 18.1 Å². The molecular weight excluding hydrogens is 360 g/mol. The number of ether oxygens (including phenoxy) is 3. The van der Waals surface area contributed by atoms with Crippen molar-refractivity contribution in [3.8, 4) is 17.6 Å². The molecule has 0 N–H and O–H groups in total. The lowest BCUT2D eigenvalue weighted by molar-refractivity contribution is -0.160. The van der Waals surface area contributed by atoms with Crippen molar-refractivity contribution in [2.24, 2.45) is 0 Å². The van der Waals surface area contributed by atoms with Crippen LogP contribution in [0, 0.1) is 11.3 Å². The molecule has 7 nitrogen and oxygen atoms in total. The molecule has 2 unspecified atom stereocenters. The maximum Gasteiger partial charge on any atom is 0.351 e. The Kier molecular flexibility index (Phi) is 6.12. The Balaban J connectivity index is 1.63. The summed E-state index contributed by atoms with van der Waals surface area (Å²) in [7, 11) is 0. The lowest BCUT2D eigenvalue weighted by Gasteiger charge is -2.30. The summed E-state index contributed by atoms with van der Waals surface area (Å²) < 4.78 is 16.6. The van der Waals surface area contributed by atoms with Gasteiger partial charge in [0.25, 0.3) is 5.91 Å². The first kappa shape index (κ1) is 19.2. The van der Waals surface area contributed by atoms with Crippen LogP contribution < -0.4 is 14.4 Å². The van der Waals surface area contributed by atoms with Crippen molar-refractivity contribution in [2.45, 2.75) is 25.6 Å². The van der Waals surface area contributed by atoms with Crippen LogP contribution in [-0.2, 0) is 14.3 Å². The number of carbonyl (C=O) groups is 2. The number of hydrogen-bond donors (Lipinski definition) is 0. The van der Waals surface area contributed by atoms with Gasteiger partial charge in [0.05, 0.1) is 12.5 Å². The molecule has 1 heterocycles. The Bertz CT molecular complexity index is 878. The van der Waals surface area contributed by atoms with E-state index in [1.54, 1.807) is 49.4 Å². The molecule has 1 aliphatic rings. The largest absolute Gasteiger partial charge is 0.482 e. The molecule has 144 valence electrons. The molecule has 2 aromatic rings. The molecule has 1 aliphatic heterocycles. The highest BCUT2D eigenvalue weighted by Gasteiger charge is 2.35. The van der Waals surface area contributed by atoms with Gasteiger partial charge in [0.15, 0.2) is 18.1 Å². The van der Waals surface area contributed by atoms with Gasteiger partial charge in [-0.2, -0.15) is 5.26 Å². The van der Waals surface area contributed by atoms with Crippen molar-refractivity contribution in [3.05, 3.63) is 54.6 Å². The van der Waals surface area contributed by atoms with Crippen LogP contribution in [0.5, 0.6) is 11.5 Å². The van der Waals surface area contributed by atoms with Gasteiger partial charge < -0.3 is 19.1 Å². The molecule has 28 heavy (non-hydrogen) atoms. The summed E-state index contributed by atoms with van der Waals surface area (Å²) in [5.74, 6) is -0.0843. The van der Waals surface area contributed by atoms with Crippen LogP contribution >= 0.6 is 0 Å². The van der Waals surface area contributed by atoms with Crippen molar-refractivity contribution in [1.29, 1.82) is 5.26 Å². The van der Waals surface area contributed by atoms with E-state index in [1.807, 2.05) is 18.2 Å². The van der Waals surface area contributed by atoms with Crippen molar-refractivity contribution in [3.63, 3.8) is 0 Å². The summed E-state index contributed by atoms with van der Waals surface area (Å²) in [5, 5.41) is 8.84. The first-order chi connectivity index (χ1) is 13.6. The van der Waals surface area contributed by atoms with Gasteiger partial charge in [0, 0.05) is 12.2 Å². The van der Waals surface area contributed by atoms with Gasteiger partial charge in [-0.15, -0.1) is 0 Å². The van der Waals surface area contributed by atoms with Crippen LogP contribution in [0.3, 0.4) is 0 Å². The Labute approximate surface area is 163 Å². The quantitative estimate of drug-likeness (QED) is 0.716. The molecule has 0 radical (unpaired) electrons. The number of rotatable bonds is 6. The summed E-state index contributed by atoms with van der Waals surface area (Å²) in [6, 6.07) is 18.0. The first-order valence-corrected chi connectivity index (χ1v) is 8.91. The third kappa shape index (κ3) is 4.41. The average Bonchev–Trinajstić information content (AvgIpc) is 2.72. The zero-order valence-electron chi connectivity index (χ0n) is 15.4. The van der Waals surface area contributed by atoms with E-state index in [0.29, 0.717) is 17.2 Å². The number of carbonyl (C=O) groups excluding carboxylic acids is 2. The van der Waals surface area contributed by atoms with Gasteiger partial charge in [-0.1, -0.05) is 30.3 Å². The summed E-state index contributed by atoms with van der Waals surface area (Å²) >= 11 is 0. The minimum atomic E-state index is -0.966. The van der Waals surface area contributed by atoms with E-state index in [1.165, 1.54) is 4.90 Å². The summed E-state index contributed by atoms with van der Waals surface area (Å²) in [4.78, 5) is 26.5. The molecule has 0 saturated carbocycles. The van der Waals surface area contributed by atoms with Gasteiger partial charge in [0.1, 0.15) is 6.10 Å². The maximum atomic E-state index is 12.6. The van der Waals surface area contributed by atoms with E-state index in [-0.39, 0.29) is 13.0 Å². The Morgan fingerprint density at radius 2 is 1.71 bits per heavy atom. The SMILES string of the molecule is CC1Oc2ccccc2OC1C(=O)OCC(=O)N(CCC#N)c1ccccc1. The van der Waals surface area contributed by atoms with Crippen molar-refractivity contribution < 1.29 is 23.8 Å². The van der Waals surface area contributed by atoms with E-state index in [9.17, 15) is 9.59 Å². The molecule has 3 rings (SSSR count). The van der Waals surface area contributed by atoms with Crippen LogP contribution in [-0.4, -0.2) is 37.2 Å². The summed E-state index contributed by atoms with van der Waals surface area (Å²) in [6.45, 7) is 1.46. The predicted molar refractivity (Wildman–Crippen MR) is 101 cm³/mol. The van der Waals surface area contributed by atoms with Crippen LogP contribution in [0.1, 0.15) is 13.3 Å². The third-order valence-corrected chi connectivity index (χ3v) is 4.23. The fourth-order valence-electron chi connectivity index (χ4n) is 2.84. The molecule has 0 aromatic heterocycles. The lowest BCUT2D eigenvalue weighted by atomic mass is 10.2. The van der Waals surface area contributed by atoms with E-state index in [2.05, 4.69) is 0 Å². The number of benzene rings is 2. The molecule has 0 aliphatic carbocycles. The molecular formula is C21H20N2O5. The number of amides is 1. The molecule has 7 heteroatoms. The van der Waals surface area contributed by atoms with Crippen LogP contribution in [0.15, 0.2) is 54.6 Å². The van der Waals surface area contributed by atoms with Gasteiger partial charge in [0.2, 0.25) is 6.10 Å². The molecule has 0 saturated heterocycles. The van der Waals surface area contributed by atoms with E-state index in [4.69, 9.17) is 19.5 Å². The minimum absolute atomic E-state index is 0.169. The Morgan fingerprint density at radius 1 is 1.07 bits per heavy atom. The zero-order chi connectivity index (χ0) is 19.9. The summed E-state index contributed by atoms with van der Waals surface area (Å²) in [6.07, 6.45) is -1.35. The van der Waals surface area contributed by atoms with E-state index in [0.717, 1.165) is 0 Å². The number of hydrogen-bond acceptors (Lipinski definition) is 6. The van der Waals surface area contributed by atoms with Gasteiger partial charge in [-0.25, -0.2) is 4.79 Å². The number of nitriles is 1. The zero-order valence-corrected chi connectivity index (χ0v) is 15.4. The Morgan fingerprint density at radius 3 is 2.39 bits per heavy atom. The van der Waals surface area contributed by atoms with E-state index < -0.39 is 30.7 Å². The predicted octanol–water partition coefficient (Wildman–Crippen LogP) is 2.70. The maximum absolute atomic E-state index is 12.6. The molecule has 0 fully saturated rings. The number of para-hydroxylation sites is 3. The normalized spacial score (nSPS) is 17.3. The fourth-order valence-corrected chi connectivity index (χ4v) is 2.84. The molecule has 0 bridgehead atoms. The number of esters is 1. The molecule has 2 atom stereocenters. The lowest BCUT2D eigenvalue weighted by Crippen LogP contribution is -2.45. The van der Waals surface area contributed by atoms with Crippen molar-refractivity contribution in [1.82, 2.24) is 0 Å². The smallest absolute Gasteiger partial charge is 0.351 e. The highest BCUT2D eigenvalue weighted by atomic mass is 16.6. The second-order valence-corrected chi connectivity index (χ2v) is 6.20.